The van der Waals surface area contributed by atoms with E-state index in [0.717, 1.165) is 0 Å². The Hall–Kier alpha value is -0.690. The second kappa shape index (κ2) is 9.25. The summed E-state index contributed by atoms with van der Waals surface area (Å²) in [5.41, 5.74) is 5.02. The number of hydrogen-bond acceptors (Lipinski definition) is 6. The summed E-state index contributed by atoms with van der Waals surface area (Å²) in [6.07, 6.45) is 0. The van der Waals surface area contributed by atoms with Crippen LogP contribution in [0.5, 0.6) is 0 Å². The molecule has 0 aromatic heterocycles. The van der Waals surface area contributed by atoms with Crippen molar-refractivity contribution in [2.24, 2.45) is 5.73 Å². The molecular formula is C13H28N2O4. The van der Waals surface area contributed by atoms with Gasteiger partial charge in [-0.15, -0.1) is 0 Å². The monoisotopic (exact) mass is 276 g/mol. The molecule has 0 amide bonds. The van der Waals surface area contributed by atoms with E-state index >= 15 is 0 Å². The maximum Gasteiger partial charge on any atom is 0.327 e. The Balaban J connectivity index is 4.63. The summed E-state index contributed by atoms with van der Waals surface area (Å²) in [5, 5.41) is 0. The van der Waals surface area contributed by atoms with Crippen LogP contribution < -0.4 is 5.73 Å². The van der Waals surface area contributed by atoms with E-state index in [9.17, 15) is 4.79 Å². The number of carbonyl (C=O) groups excluding carboxylic acids is 1. The molecule has 0 rings (SSSR count). The van der Waals surface area contributed by atoms with Crippen molar-refractivity contribution < 1.29 is 19.0 Å². The summed E-state index contributed by atoms with van der Waals surface area (Å²) in [6, 6.07) is 0.150. The van der Waals surface area contributed by atoms with Crippen LogP contribution in [0.25, 0.3) is 0 Å². The molecular weight excluding hydrogens is 248 g/mol. The van der Waals surface area contributed by atoms with Gasteiger partial charge in [0, 0.05) is 33.4 Å². The lowest BCUT2D eigenvalue weighted by Crippen LogP contribution is -2.57. The third-order valence-corrected chi connectivity index (χ3v) is 2.89. The second-order valence-electron chi connectivity index (χ2n) is 4.91. The second-order valence-corrected chi connectivity index (χ2v) is 4.91. The van der Waals surface area contributed by atoms with Gasteiger partial charge in [0.15, 0.2) is 0 Å². The molecule has 0 fully saturated rings. The molecule has 0 radical (unpaired) electrons. The zero-order chi connectivity index (χ0) is 14.9. The molecule has 0 saturated carbocycles. The van der Waals surface area contributed by atoms with Crippen LogP contribution in [0.15, 0.2) is 0 Å². The van der Waals surface area contributed by atoms with Crippen LogP contribution in [-0.4, -0.2) is 69.6 Å². The number of rotatable bonds is 10. The maximum absolute atomic E-state index is 11.8. The number of ether oxygens (including phenoxy) is 3. The highest BCUT2D eigenvalue weighted by atomic mass is 16.5. The van der Waals surface area contributed by atoms with E-state index in [2.05, 4.69) is 4.90 Å². The van der Waals surface area contributed by atoms with Crippen molar-refractivity contribution in [2.75, 3.05) is 47.1 Å². The molecule has 0 aromatic carbocycles. The Bertz CT molecular complexity index is 259. The molecule has 19 heavy (non-hydrogen) atoms. The normalized spacial score (nSPS) is 16.2. The molecule has 2 atom stereocenters. The Labute approximate surface area is 116 Å². The van der Waals surface area contributed by atoms with Gasteiger partial charge >= 0.3 is 5.97 Å². The highest BCUT2D eigenvalue weighted by molar-refractivity contribution is 5.80. The Morgan fingerprint density at radius 1 is 1.37 bits per heavy atom. The summed E-state index contributed by atoms with van der Waals surface area (Å²) in [6.45, 7) is 8.05. The summed E-state index contributed by atoms with van der Waals surface area (Å²) in [7, 11) is 3.30. The van der Waals surface area contributed by atoms with Crippen molar-refractivity contribution >= 4 is 5.97 Å². The predicted octanol–water partition coefficient (Wildman–Crippen LogP) is 0.250. The van der Waals surface area contributed by atoms with Crippen LogP contribution >= 0.6 is 0 Å². The van der Waals surface area contributed by atoms with E-state index in [1.165, 1.54) is 0 Å². The van der Waals surface area contributed by atoms with Crippen LogP contribution in [0.3, 0.4) is 0 Å². The van der Waals surface area contributed by atoms with E-state index in [0.29, 0.717) is 32.9 Å². The number of nitrogens with zero attached hydrogens (tertiary/aromatic N) is 1. The molecule has 0 aliphatic rings. The van der Waals surface area contributed by atoms with Gasteiger partial charge < -0.3 is 19.9 Å². The Morgan fingerprint density at radius 2 is 2.00 bits per heavy atom. The first-order valence-electron chi connectivity index (χ1n) is 6.57. The van der Waals surface area contributed by atoms with Gasteiger partial charge in [0.1, 0.15) is 5.54 Å². The Kier molecular flexibility index (Phi) is 8.92. The molecule has 2 unspecified atom stereocenters. The van der Waals surface area contributed by atoms with Crippen molar-refractivity contribution in [3.63, 3.8) is 0 Å². The lowest BCUT2D eigenvalue weighted by atomic mass is 10.0. The van der Waals surface area contributed by atoms with E-state index < -0.39 is 5.54 Å². The van der Waals surface area contributed by atoms with Gasteiger partial charge in [0.25, 0.3) is 0 Å². The molecule has 2 N–H and O–H groups in total. The fourth-order valence-electron chi connectivity index (χ4n) is 1.79. The summed E-state index contributed by atoms with van der Waals surface area (Å²) in [4.78, 5) is 13.9. The molecule has 114 valence electrons. The van der Waals surface area contributed by atoms with Gasteiger partial charge in [-0.25, -0.2) is 0 Å². The van der Waals surface area contributed by atoms with Crippen molar-refractivity contribution in [3.8, 4) is 0 Å². The van der Waals surface area contributed by atoms with Gasteiger partial charge in [-0.1, -0.05) is 0 Å². The molecule has 6 nitrogen and oxygen atoms in total. The SMILES string of the molecule is CCOC(=O)C(C)(N)CN(CCOC)C(C)COC. The van der Waals surface area contributed by atoms with Gasteiger partial charge in [-0.3, -0.25) is 9.69 Å². The third kappa shape index (κ3) is 6.87. The Morgan fingerprint density at radius 3 is 2.47 bits per heavy atom. The minimum Gasteiger partial charge on any atom is -0.465 e. The minimum atomic E-state index is -1.04. The molecule has 0 bridgehead atoms. The minimum absolute atomic E-state index is 0.150. The number of nitrogens with two attached hydrogens (primary N) is 1. The highest BCUT2D eigenvalue weighted by Crippen LogP contribution is 2.10. The molecule has 0 aliphatic carbocycles. The van der Waals surface area contributed by atoms with Gasteiger partial charge in [0.2, 0.25) is 0 Å². The van der Waals surface area contributed by atoms with Gasteiger partial charge in [0.05, 0.1) is 19.8 Å². The molecule has 0 heterocycles. The number of hydrogen-bond donors (Lipinski definition) is 1. The molecule has 0 spiro atoms. The molecule has 0 aromatic rings. The summed E-state index contributed by atoms with van der Waals surface area (Å²) in [5.74, 6) is -0.387. The van der Waals surface area contributed by atoms with Crippen molar-refractivity contribution in [1.82, 2.24) is 4.90 Å². The van der Waals surface area contributed by atoms with Crippen LogP contribution in [0.2, 0.25) is 0 Å². The largest absolute Gasteiger partial charge is 0.465 e. The number of carbonyl (C=O) groups is 1. The fourth-order valence-corrected chi connectivity index (χ4v) is 1.79. The van der Waals surface area contributed by atoms with Gasteiger partial charge in [-0.2, -0.15) is 0 Å². The standard InChI is InChI=1S/C13H28N2O4/c1-6-19-12(16)13(3,14)10-15(7-8-17-4)11(2)9-18-5/h11H,6-10,14H2,1-5H3. The van der Waals surface area contributed by atoms with E-state index in [1.54, 1.807) is 28.1 Å². The zero-order valence-corrected chi connectivity index (χ0v) is 12.8. The van der Waals surface area contributed by atoms with Crippen LogP contribution in [0.4, 0.5) is 0 Å². The van der Waals surface area contributed by atoms with Crippen LogP contribution in [0.1, 0.15) is 20.8 Å². The van der Waals surface area contributed by atoms with E-state index in [1.807, 2.05) is 6.92 Å². The quantitative estimate of drug-likeness (QED) is 0.577. The number of esters is 1. The average Bonchev–Trinajstić information content (AvgIpc) is 2.34. The van der Waals surface area contributed by atoms with Crippen molar-refractivity contribution in [2.45, 2.75) is 32.4 Å². The lowest BCUT2D eigenvalue weighted by molar-refractivity contribution is -0.150. The lowest BCUT2D eigenvalue weighted by Gasteiger charge is -2.34. The predicted molar refractivity (Wildman–Crippen MR) is 74.0 cm³/mol. The smallest absolute Gasteiger partial charge is 0.327 e. The van der Waals surface area contributed by atoms with Gasteiger partial charge in [-0.05, 0) is 20.8 Å². The molecule has 6 heteroatoms. The number of methoxy groups -OCH3 is 2. The first kappa shape index (κ1) is 18.3. The molecule has 0 aliphatic heterocycles. The fraction of sp³-hybridized carbons (Fsp3) is 0.923. The highest BCUT2D eigenvalue weighted by Gasteiger charge is 2.33. The third-order valence-electron chi connectivity index (χ3n) is 2.89. The average molecular weight is 276 g/mol. The van der Waals surface area contributed by atoms with Crippen molar-refractivity contribution in [1.29, 1.82) is 0 Å². The van der Waals surface area contributed by atoms with E-state index in [-0.39, 0.29) is 12.0 Å². The van der Waals surface area contributed by atoms with E-state index in [4.69, 9.17) is 19.9 Å². The van der Waals surface area contributed by atoms with Crippen LogP contribution in [-0.2, 0) is 19.0 Å². The van der Waals surface area contributed by atoms with Crippen molar-refractivity contribution in [3.05, 3.63) is 0 Å². The summed E-state index contributed by atoms with van der Waals surface area (Å²) < 4.78 is 15.2. The molecule has 0 saturated heterocycles. The zero-order valence-electron chi connectivity index (χ0n) is 12.8. The first-order valence-corrected chi connectivity index (χ1v) is 6.57. The van der Waals surface area contributed by atoms with Crippen LogP contribution in [0, 0.1) is 0 Å². The summed E-state index contributed by atoms with van der Waals surface area (Å²) >= 11 is 0. The first-order chi connectivity index (χ1) is 8.88. The maximum atomic E-state index is 11.8. The topological polar surface area (TPSA) is 74.0 Å².